The van der Waals surface area contributed by atoms with Gasteiger partial charge in [0, 0.05) is 5.25 Å². The van der Waals surface area contributed by atoms with Gasteiger partial charge in [-0.3, -0.25) is 0 Å². The maximum atomic E-state index is 5.61. The Hall–Kier alpha value is -0.700. The van der Waals surface area contributed by atoms with Crippen molar-refractivity contribution in [3.63, 3.8) is 0 Å². The zero-order chi connectivity index (χ0) is 10.7. The Labute approximate surface area is 95.7 Å². The van der Waals surface area contributed by atoms with E-state index in [1.54, 1.807) is 6.20 Å². The molecule has 0 bridgehead atoms. The first-order valence-electron chi connectivity index (χ1n) is 5.62. The van der Waals surface area contributed by atoms with Gasteiger partial charge in [0.05, 0.1) is 16.9 Å². The first-order valence-corrected chi connectivity index (χ1v) is 6.50. The van der Waals surface area contributed by atoms with Crippen molar-refractivity contribution in [3.8, 4) is 0 Å². The third-order valence-electron chi connectivity index (χ3n) is 3.01. The van der Waals surface area contributed by atoms with Gasteiger partial charge < -0.3 is 5.73 Å². The van der Waals surface area contributed by atoms with Gasteiger partial charge in [0.15, 0.2) is 0 Å². The van der Waals surface area contributed by atoms with E-state index >= 15 is 0 Å². The van der Waals surface area contributed by atoms with Gasteiger partial charge in [-0.1, -0.05) is 6.92 Å². The van der Waals surface area contributed by atoms with Crippen LogP contribution in [0.1, 0.15) is 32.6 Å². The van der Waals surface area contributed by atoms with Crippen molar-refractivity contribution in [1.82, 2.24) is 4.98 Å². The number of hydrogen-bond donors (Lipinski definition) is 1. The number of thioether (sulfide) groups is 1. The van der Waals surface area contributed by atoms with Crippen LogP contribution in [-0.2, 0) is 0 Å². The van der Waals surface area contributed by atoms with E-state index in [-0.39, 0.29) is 0 Å². The third kappa shape index (κ3) is 3.13. The Bertz CT molecular complexity index is 302. The number of anilines is 1. The highest BCUT2D eigenvalue weighted by atomic mass is 32.2. The summed E-state index contributed by atoms with van der Waals surface area (Å²) in [6, 6.07) is 3.96. The monoisotopic (exact) mass is 222 g/mol. The molecule has 2 N–H and O–H groups in total. The van der Waals surface area contributed by atoms with Gasteiger partial charge >= 0.3 is 0 Å². The van der Waals surface area contributed by atoms with Gasteiger partial charge in [0.25, 0.3) is 0 Å². The molecule has 0 atom stereocenters. The number of aromatic nitrogens is 1. The van der Waals surface area contributed by atoms with E-state index in [9.17, 15) is 0 Å². The van der Waals surface area contributed by atoms with Gasteiger partial charge in [0.1, 0.15) is 0 Å². The molecule has 0 radical (unpaired) electrons. The lowest BCUT2D eigenvalue weighted by atomic mass is 9.91. The molecular weight excluding hydrogens is 204 g/mol. The molecule has 2 nitrogen and oxygen atoms in total. The number of nitrogens with zero attached hydrogens (tertiary/aromatic N) is 1. The van der Waals surface area contributed by atoms with Crippen LogP contribution in [0.5, 0.6) is 0 Å². The summed E-state index contributed by atoms with van der Waals surface area (Å²) < 4.78 is 0. The molecule has 1 heterocycles. The van der Waals surface area contributed by atoms with Crippen molar-refractivity contribution in [3.05, 3.63) is 18.3 Å². The molecule has 3 heteroatoms. The van der Waals surface area contributed by atoms with Crippen LogP contribution in [-0.4, -0.2) is 10.2 Å². The average molecular weight is 222 g/mol. The van der Waals surface area contributed by atoms with E-state index in [4.69, 9.17) is 5.73 Å². The van der Waals surface area contributed by atoms with Gasteiger partial charge in [0.2, 0.25) is 0 Å². The van der Waals surface area contributed by atoms with E-state index in [2.05, 4.69) is 11.9 Å². The second kappa shape index (κ2) is 4.88. The number of nitrogen functional groups attached to an aromatic ring is 1. The molecule has 1 saturated carbocycles. The van der Waals surface area contributed by atoms with E-state index in [1.165, 1.54) is 25.7 Å². The molecule has 0 amide bonds. The van der Waals surface area contributed by atoms with E-state index in [0.717, 1.165) is 21.9 Å². The van der Waals surface area contributed by atoms with Crippen molar-refractivity contribution >= 4 is 17.4 Å². The summed E-state index contributed by atoms with van der Waals surface area (Å²) >= 11 is 1.91. The van der Waals surface area contributed by atoms with Crippen molar-refractivity contribution < 1.29 is 0 Å². The first kappa shape index (κ1) is 10.8. The van der Waals surface area contributed by atoms with Crippen LogP contribution in [0.2, 0.25) is 0 Å². The van der Waals surface area contributed by atoms with Gasteiger partial charge in [-0.2, -0.15) is 0 Å². The molecule has 0 unspecified atom stereocenters. The van der Waals surface area contributed by atoms with Gasteiger partial charge in [-0.05, 0) is 43.7 Å². The smallest absolute Gasteiger partial charge is 0.0964 e. The van der Waals surface area contributed by atoms with Crippen LogP contribution in [0.3, 0.4) is 0 Å². The molecule has 82 valence electrons. The SMILES string of the molecule is CC1CCC(Sc2ccc(N)cn2)CC1. The fourth-order valence-electron chi connectivity index (χ4n) is 1.98. The number of pyridine rings is 1. The van der Waals surface area contributed by atoms with Crippen LogP contribution in [0, 0.1) is 5.92 Å². The van der Waals surface area contributed by atoms with E-state index in [0.29, 0.717) is 0 Å². The van der Waals surface area contributed by atoms with Crippen LogP contribution >= 0.6 is 11.8 Å². The molecule has 0 saturated heterocycles. The second-order valence-electron chi connectivity index (χ2n) is 4.43. The Kier molecular flexibility index (Phi) is 3.52. The lowest BCUT2D eigenvalue weighted by molar-refractivity contribution is 0.393. The molecule has 15 heavy (non-hydrogen) atoms. The maximum Gasteiger partial charge on any atom is 0.0964 e. The fraction of sp³-hybridized carbons (Fsp3) is 0.583. The predicted molar refractivity (Wildman–Crippen MR) is 65.9 cm³/mol. The molecule has 1 aromatic rings. The number of nitrogens with two attached hydrogens (primary N) is 1. The molecule has 1 aliphatic carbocycles. The molecule has 1 fully saturated rings. The summed E-state index contributed by atoms with van der Waals surface area (Å²) in [5.74, 6) is 0.918. The Morgan fingerprint density at radius 2 is 2.00 bits per heavy atom. The highest BCUT2D eigenvalue weighted by Crippen LogP contribution is 2.34. The number of rotatable bonds is 2. The lowest BCUT2D eigenvalue weighted by Crippen LogP contribution is -2.13. The normalized spacial score (nSPS) is 26.5. The highest BCUT2D eigenvalue weighted by Gasteiger charge is 2.19. The van der Waals surface area contributed by atoms with Crippen LogP contribution < -0.4 is 5.73 Å². The summed E-state index contributed by atoms with van der Waals surface area (Å²) in [5.41, 5.74) is 6.35. The zero-order valence-electron chi connectivity index (χ0n) is 9.15. The quantitative estimate of drug-likeness (QED) is 0.834. The summed E-state index contributed by atoms with van der Waals surface area (Å²) in [6.45, 7) is 2.35. The van der Waals surface area contributed by atoms with Crippen molar-refractivity contribution in [2.24, 2.45) is 5.92 Å². The van der Waals surface area contributed by atoms with Crippen LogP contribution in [0.25, 0.3) is 0 Å². The predicted octanol–water partition coefficient (Wildman–Crippen LogP) is 3.33. The van der Waals surface area contributed by atoms with E-state index < -0.39 is 0 Å². The summed E-state index contributed by atoms with van der Waals surface area (Å²) in [5, 5.41) is 1.88. The lowest BCUT2D eigenvalue weighted by Gasteiger charge is -2.25. The third-order valence-corrected chi connectivity index (χ3v) is 4.30. The second-order valence-corrected chi connectivity index (χ2v) is 5.75. The van der Waals surface area contributed by atoms with Gasteiger partial charge in [-0.15, -0.1) is 11.8 Å². The average Bonchev–Trinajstić information content (AvgIpc) is 2.25. The molecule has 0 spiro atoms. The van der Waals surface area contributed by atoms with Crippen LogP contribution in [0.15, 0.2) is 23.4 Å². The maximum absolute atomic E-state index is 5.61. The van der Waals surface area contributed by atoms with Gasteiger partial charge in [-0.25, -0.2) is 4.98 Å². The Morgan fingerprint density at radius 3 is 2.60 bits per heavy atom. The van der Waals surface area contributed by atoms with Crippen molar-refractivity contribution in [2.75, 3.05) is 5.73 Å². The molecular formula is C12H18N2S. The summed E-state index contributed by atoms with van der Waals surface area (Å²) in [7, 11) is 0. The first-order chi connectivity index (χ1) is 7.24. The van der Waals surface area contributed by atoms with Crippen LogP contribution in [0.4, 0.5) is 5.69 Å². The van der Waals surface area contributed by atoms with Crippen molar-refractivity contribution in [2.45, 2.75) is 42.9 Å². The Morgan fingerprint density at radius 1 is 1.27 bits per heavy atom. The zero-order valence-corrected chi connectivity index (χ0v) is 9.96. The molecule has 0 aliphatic heterocycles. The minimum atomic E-state index is 0.747. The highest BCUT2D eigenvalue weighted by molar-refractivity contribution is 7.99. The minimum absolute atomic E-state index is 0.747. The minimum Gasteiger partial charge on any atom is -0.397 e. The molecule has 0 aromatic carbocycles. The summed E-state index contributed by atoms with van der Waals surface area (Å²) in [4.78, 5) is 4.33. The molecule has 1 aliphatic rings. The summed E-state index contributed by atoms with van der Waals surface area (Å²) in [6.07, 6.45) is 7.14. The molecule has 2 rings (SSSR count). The standard InChI is InChI=1S/C12H18N2S/c1-9-2-5-11(6-3-9)15-12-7-4-10(13)8-14-12/h4,7-9,11H,2-3,5-6,13H2,1H3. The topological polar surface area (TPSA) is 38.9 Å². The fourth-order valence-corrected chi connectivity index (χ4v) is 3.09. The molecule has 1 aromatic heterocycles. The number of hydrogen-bond acceptors (Lipinski definition) is 3. The largest absolute Gasteiger partial charge is 0.397 e. The Balaban J connectivity index is 1.89. The van der Waals surface area contributed by atoms with E-state index in [1.807, 2.05) is 23.9 Å². The van der Waals surface area contributed by atoms with Crippen molar-refractivity contribution in [1.29, 1.82) is 0 Å².